The quantitative estimate of drug-likeness (QED) is 0.773. The smallest absolute Gasteiger partial charge is 0.131 e. The van der Waals surface area contributed by atoms with Gasteiger partial charge in [0, 0.05) is 66.3 Å². The molecule has 6 heteroatoms. The minimum absolute atomic E-state index is 0.0811. The normalized spacial score (nSPS) is 32.2. The number of nitrogens with one attached hydrogen (secondary N) is 1. The molecule has 0 aromatic carbocycles. The van der Waals surface area contributed by atoms with Gasteiger partial charge in [-0.25, -0.2) is 4.98 Å². The highest BCUT2D eigenvalue weighted by Gasteiger charge is 2.71. The molecule has 32 heavy (non-hydrogen) atoms. The van der Waals surface area contributed by atoms with Crippen molar-refractivity contribution in [3.05, 3.63) is 60.6 Å². The van der Waals surface area contributed by atoms with Crippen LogP contribution in [0.15, 0.2) is 55.0 Å². The Bertz CT molecular complexity index is 1060. The zero-order chi connectivity index (χ0) is 21.6. The molecule has 0 spiro atoms. The van der Waals surface area contributed by atoms with E-state index in [0.717, 1.165) is 62.5 Å². The lowest BCUT2D eigenvalue weighted by Crippen LogP contribution is -2.49. The predicted octanol–water partition coefficient (Wildman–Crippen LogP) is 3.47. The number of aromatic nitrogens is 2. The fourth-order valence-electron chi connectivity index (χ4n) is 6.30. The summed E-state index contributed by atoms with van der Waals surface area (Å²) in [5.41, 5.74) is 10.8. The summed E-state index contributed by atoms with van der Waals surface area (Å²) in [6, 6.07) is 6.45. The highest BCUT2D eigenvalue weighted by Crippen LogP contribution is 2.74. The molecule has 0 radical (unpaired) electrons. The van der Waals surface area contributed by atoms with Gasteiger partial charge in [0.2, 0.25) is 0 Å². The van der Waals surface area contributed by atoms with Crippen LogP contribution in [0.4, 0.5) is 5.82 Å². The van der Waals surface area contributed by atoms with Crippen molar-refractivity contribution in [2.75, 3.05) is 38.7 Å². The third-order valence-electron chi connectivity index (χ3n) is 8.04. The van der Waals surface area contributed by atoms with Gasteiger partial charge in [-0.15, -0.1) is 0 Å². The third-order valence-corrected chi connectivity index (χ3v) is 8.04. The monoisotopic (exact) mass is 430 g/mol. The zero-order valence-electron chi connectivity index (χ0n) is 18.3. The number of anilines is 1. The number of pyridine rings is 2. The first-order valence-electron chi connectivity index (χ1n) is 11.7. The number of hydrogen-bond acceptors (Lipinski definition) is 6. The predicted molar refractivity (Wildman–Crippen MR) is 125 cm³/mol. The standard InChI is InChI=1S/C26H30N4O2/c27-24-22(18-2-7-28-8-3-18)13-20(15-30-24)19-1-6-25(21-4-10-31-11-5-21)17-26(25,14-19)23-16-32-12-9-29-23/h1-3,6-8,13-15,21,23,29H,4-5,9-12,16-17H2,(H2,27,30)/t23-,25?,26?/m1/s1. The molecular weight excluding hydrogens is 400 g/mol. The summed E-state index contributed by atoms with van der Waals surface area (Å²) >= 11 is 0. The van der Waals surface area contributed by atoms with Crippen molar-refractivity contribution in [3.63, 3.8) is 0 Å². The lowest BCUT2D eigenvalue weighted by atomic mass is 9.71. The highest BCUT2D eigenvalue weighted by atomic mass is 16.5. The Labute approximate surface area is 188 Å². The Balaban J connectivity index is 1.39. The van der Waals surface area contributed by atoms with Gasteiger partial charge in [-0.1, -0.05) is 18.2 Å². The van der Waals surface area contributed by atoms with E-state index in [4.69, 9.17) is 15.2 Å². The topological polar surface area (TPSA) is 82.3 Å². The van der Waals surface area contributed by atoms with Gasteiger partial charge in [-0.05, 0) is 54.5 Å². The van der Waals surface area contributed by atoms with E-state index in [0.29, 0.717) is 17.8 Å². The van der Waals surface area contributed by atoms with Gasteiger partial charge >= 0.3 is 0 Å². The number of hydrogen-bond donors (Lipinski definition) is 2. The van der Waals surface area contributed by atoms with Crippen molar-refractivity contribution in [1.29, 1.82) is 0 Å². The molecule has 2 aliphatic heterocycles. The highest BCUT2D eigenvalue weighted by molar-refractivity contribution is 5.83. The second kappa shape index (κ2) is 7.80. The largest absolute Gasteiger partial charge is 0.383 e. The van der Waals surface area contributed by atoms with Gasteiger partial charge in [0.15, 0.2) is 0 Å². The molecule has 6 rings (SSSR count). The molecule has 3 atom stereocenters. The lowest BCUT2D eigenvalue weighted by Gasteiger charge is -2.39. The fraction of sp³-hybridized carbons (Fsp3) is 0.462. The van der Waals surface area contributed by atoms with Crippen LogP contribution in [0.5, 0.6) is 0 Å². The van der Waals surface area contributed by atoms with Crippen LogP contribution in [0, 0.1) is 16.7 Å². The van der Waals surface area contributed by atoms with Crippen LogP contribution in [0.1, 0.15) is 24.8 Å². The van der Waals surface area contributed by atoms with Crippen LogP contribution in [0.25, 0.3) is 16.7 Å². The summed E-state index contributed by atoms with van der Waals surface area (Å²) in [7, 11) is 0. The van der Waals surface area contributed by atoms with E-state index in [1.807, 2.05) is 18.3 Å². The number of morpholine rings is 1. The van der Waals surface area contributed by atoms with Gasteiger partial charge in [0.05, 0.1) is 13.2 Å². The maximum Gasteiger partial charge on any atom is 0.131 e. The van der Waals surface area contributed by atoms with Crippen molar-refractivity contribution in [3.8, 4) is 11.1 Å². The van der Waals surface area contributed by atoms with E-state index in [1.165, 1.54) is 12.0 Å². The Morgan fingerprint density at radius 1 is 1.03 bits per heavy atom. The molecule has 1 saturated carbocycles. The van der Waals surface area contributed by atoms with E-state index in [2.05, 4.69) is 39.6 Å². The molecule has 166 valence electrons. The number of ether oxygens (including phenoxy) is 2. The minimum atomic E-state index is 0.0811. The van der Waals surface area contributed by atoms with Crippen LogP contribution in [-0.2, 0) is 9.47 Å². The molecule has 2 saturated heterocycles. The Morgan fingerprint density at radius 2 is 1.88 bits per heavy atom. The molecular formula is C26H30N4O2. The molecule has 2 aromatic rings. The van der Waals surface area contributed by atoms with Gasteiger partial charge in [-0.2, -0.15) is 0 Å². The van der Waals surface area contributed by atoms with Gasteiger partial charge in [-0.3, -0.25) is 4.98 Å². The molecule has 4 aliphatic rings. The fourth-order valence-corrected chi connectivity index (χ4v) is 6.30. The van der Waals surface area contributed by atoms with Gasteiger partial charge in [0.25, 0.3) is 0 Å². The maximum absolute atomic E-state index is 6.24. The Morgan fingerprint density at radius 3 is 2.66 bits per heavy atom. The van der Waals surface area contributed by atoms with Crippen molar-refractivity contribution in [2.24, 2.45) is 16.7 Å². The second-order valence-electron chi connectivity index (χ2n) is 9.55. The van der Waals surface area contributed by atoms with Crippen LogP contribution in [-0.4, -0.2) is 49.0 Å². The second-order valence-corrected chi connectivity index (χ2v) is 9.55. The van der Waals surface area contributed by atoms with Gasteiger partial charge < -0.3 is 20.5 Å². The van der Waals surface area contributed by atoms with E-state index >= 15 is 0 Å². The van der Waals surface area contributed by atoms with Crippen molar-refractivity contribution in [2.45, 2.75) is 25.3 Å². The molecule has 3 N–H and O–H groups in total. The first-order chi connectivity index (χ1) is 15.7. The first-order valence-corrected chi connectivity index (χ1v) is 11.7. The summed E-state index contributed by atoms with van der Waals surface area (Å²) in [5.74, 6) is 1.20. The number of nitrogen functional groups attached to an aromatic ring is 1. The number of nitrogens with zero attached hydrogens (tertiary/aromatic N) is 2. The Hall–Kier alpha value is -2.54. The van der Waals surface area contributed by atoms with E-state index in [1.54, 1.807) is 12.4 Å². The molecule has 0 amide bonds. The van der Waals surface area contributed by atoms with E-state index < -0.39 is 0 Å². The summed E-state index contributed by atoms with van der Waals surface area (Å²) < 4.78 is 11.6. The van der Waals surface area contributed by atoms with Crippen molar-refractivity contribution >= 4 is 11.4 Å². The number of fused-ring (bicyclic) bond motifs is 1. The summed E-state index contributed by atoms with van der Waals surface area (Å²) in [6.45, 7) is 4.22. The Kier molecular flexibility index (Phi) is 4.90. The molecule has 4 heterocycles. The first kappa shape index (κ1) is 20.1. The van der Waals surface area contributed by atoms with E-state index in [-0.39, 0.29) is 10.8 Å². The van der Waals surface area contributed by atoms with Crippen LogP contribution < -0.4 is 11.1 Å². The third kappa shape index (κ3) is 3.12. The minimum Gasteiger partial charge on any atom is -0.383 e. The average Bonchev–Trinajstić information content (AvgIpc) is 3.57. The van der Waals surface area contributed by atoms with E-state index in [9.17, 15) is 0 Å². The molecule has 6 nitrogen and oxygen atoms in total. The van der Waals surface area contributed by atoms with Crippen molar-refractivity contribution in [1.82, 2.24) is 15.3 Å². The summed E-state index contributed by atoms with van der Waals surface area (Å²) in [6.07, 6.45) is 16.2. The lowest BCUT2D eigenvalue weighted by molar-refractivity contribution is 0.0250. The maximum atomic E-state index is 6.24. The molecule has 3 fully saturated rings. The molecule has 2 aliphatic carbocycles. The summed E-state index contributed by atoms with van der Waals surface area (Å²) in [4.78, 5) is 8.67. The zero-order valence-corrected chi connectivity index (χ0v) is 18.3. The number of nitrogens with two attached hydrogens (primary N) is 1. The SMILES string of the molecule is Nc1ncc(C2=CC3([C@H]4COCCN4)CC3(C3CCOCC3)C=C2)cc1-c1ccncc1. The number of allylic oxidation sites excluding steroid dienone is 3. The van der Waals surface area contributed by atoms with Crippen LogP contribution in [0.2, 0.25) is 0 Å². The van der Waals surface area contributed by atoms with Crippen molar-refractivity contribution < 1.29 is 9.47 Å². The van der Waals surface area contributed by atoms with Crippen LogP contribution in [0.3, 0.4) is 0 Å². The number of rotatable bonds is 4. The van der Waals surface area contributed by atoms with Gasteiger partial charge in [0.1, 0.15) is 5.82 Å². The van der Waals surface area contributed by atoms with Crippen LogP contribution >= 0.6 is 0 Å². The average molecular weight is 431 g/mol. The summed E-state index contributed by atoms with van der Waals surface area (Å²) in [5, 5.41) is 3.78. The molecule has 2 unspecified atom stereocenters. The molecule has 2 aromatic heterocycles. The molecule has 0 bridgehead atoms.